The molecule has 1 atom stereocenters. The summed E-state index contributed by atoms with van der Waals surface area (Å²) in [6, 6.07) is 0. The zero-order chi connectivity index (χ0) is 8.15. The van der Waals surface area contributed by atoms with Gasteiger partial charge in [0, 0.05) is 5.25 Å². The van der Waals surface area contributed by atoms with Gasteiger partial charge in [-0.05, 0) is 0 Å². The van der Waals surface area contributed by atoms with Crippen LogP contribution in [0.5, 0.6) is 0 Å². The molecule has 4 heteroatoms. The zero-order valence-electron chi connectivity index (χ0n) is 6.26. The van der Waals surface area contributed by atoms with Crippen molar-refractivity contribution in [2.24, 2.45) is 0 Å². The highest BCUT2D eigenvalue weighted by Crippen LogP contribution is 2.18. The predicted molar refractivity (Wildman–Crippen MR) is 39.6 cm³/mol. The predicted octanol–water partition coefficient (Wildman–Crippen LogP) is 1.60. The molecule has 0 rings (SSSR count). The van der Waals surface area contributed by atoms with E-state index in [1.807, 2.05) is 13.8 Å². The monoisotopic (exact) mass is 166 g/mol. The molecule has 0 radical (unpaired) electrons. The summed E-state index contributed by atoms with van der Waals surface area (Å²) >= 11 is 0.946. The molecule has 0 aliphatic heterocycles. The number of alkyl halides is 1. The van der Waals surface area contributed by atoms with Crippen molar-refractivity contribution in [2.45, 2.75) is 24.6 Å². The molecule has 2 nitrogen and oxygen atoms in total. The molecule has 0 N–H and O–H groups in total. The minimum atomic E-state index is -1.54. The lowest BCUT2D eigenvalue weighted by Gasteiger charge is -2.07. The summed E-state index contributed by atoms with van der Waals surface area (Å²) in [6.45, 7) is 3.64. The third kappa shape index (κ3) is 3.71. The summed E-state index contributed by atoms with van der Waals surface area (Å²) in [6.07, 6.45) is 0. The highest BCUT2D eigenvalue weighted by atomic mass is 32.2. The molecule has 60 valence electrons. The number of ether oxygens (including phenoxy) is 1. The van der Waals surface area contributed by atoms with E-state index in [9.17, 15) is 9.18 Å². The summed E-state index contributed by atoms with van der Waals surface area (Å²) in [7, 11) is 1.18. The van der Waals surface area contributed by atoms with Gasteiger partial charge in [-0.1, -0.05) is 13.8 Å². The maximum Gasteiger partial charge on any atom is 0.351 e. The van der Waals surface area contributed by atoms with Crippen LogP contribution in [0.15, 0.2) is 0 Å². The average Bonchev–Trinajstić information content (AvgIpc) is 1.85. The van der Waals surface area contributed by atoms with Gasteiger partial charge >= 0.3 is 5.97 Å². The number of carbonyl (C=O) groups is 1. The van der Waals surface area contributed by atoms with Gasteiger partial charge in [-0.25, -0.2) is 9.18 Å². The molecule has 0 aliphatic carbocycles. The number of thioether (sulfide) groups is 1. The van der Waals surface area contributed by atoms with Crippen molar-refractivity contribution >= 4 is 17.7 Å². The summed E-state index contributed by atoms with van der Waals surface area (Å²) in [5.41, 5.74) is -1.54. The van der Waals surface area contributed by atoms with E-state index in [1.54, 1.807) is 0 Å². The molecule has 10 heavy (non-hydrogen) atoms. The Morgan fingerprint density at radius 2 is 2.10 bits per heavy atom. The second kappa shape index (κ2) is 4.55. The molecule has 0 spiro atoms. The van der Waals surface area contributed by atoms with E-state index in [1.165, 1.54) is 7.11 Å². The van der Waals surface area contributed by atoms with Gasteiger partial charge < -0.3 is 4.74 Å². The lowest BCUT2D eigenvalue weighted by atomic mass is 10.6. The van der Waals surface area contributed by atoms with Crippen LogP contribution in [0.1, 0.15) is 13.8 Å². The van der Waals surface area contributed by atoms with Crippen molar-refractivity contribution in [1.82, 2.24) is 0 Å². The maximum atomic E-state index is 12.5. The molecule has 0 bridgehead atoms. The van der Waals surface area contributed by atoms with Gasteiger partial charge in [-0.3, -0.25) is 0 Å². The highest BCUT2D eigenvalue weighted by Gasteiger charge is 2.18. The minimum absolute atomic E-state index is 0.106. The first-order chi connectivity index (χ1) is 4.57. The first-order valence-corrected chi connectivity index (χ1v) is 3.89. The highest BCUT2D eigenvalue weighted by molar-refractivity contribution is 8.00. The third-order valence-electron chi connectivity index (χ3n) is 0.778. The molecule has 0 aromatic rings. The summed E-state index contributed by atoms with van der Waals surface area (Å²) in [5.74, 6) is -0.807. The fourth-order valence-corrected chi connectivity index (χ4v) is 1.07. The van der Waals surface area contributed by atoms with Crippen LogP contribution in [0.4, 0.5) is 4.39 Å². The SMILES string of the molecule is COC(=O)C(F)SC(C)C. The van der Waals surface area contributed by atoms with Crippen LogP contribution in [0, 0.1) is 0 Å². The van der Waals surface area contributed by atoms with Gasteiger partial charge in [-0.15, -0.1) is 11.8 Å². The molecule has 0 aliphatic rings. The number of hydrogen-bond acceptors (Lipinski definition) is 3. The Bertz CT molecular complexity index is 116. The van der Waals surface area contributed by atoms with Crippen LogP contribution in [0.3, 0.4) is 0 Å². The van der Waals surface area contributed by atoms with Crippen LogP contribution in [0.25, 0.3) is 0 Å². The normalized spacial score (nSPS) is 13.3. The van der Waals surface area contributed by atoms with Gasteiger partial charge in [0.15, 0.2) is 0 Å². The lowest BCUT2D eigenvalue weighted by molar-refractivity contribution is -0.142. The fraction of sp³-hybridized carbons (Fsp3) is 0.833. The molecule has 0 amide bonds. The molecule has 1 unspecified atom stereocenters. The largest absolute Gasteiger partial charge is 0.466 e. The zero-order valence-corrected chi connectivity index (χ0v) is 7.07. The van der Waals surface area contributed by atoms with E-state index in [0.29, 0.717) is 0 Å². The third-order valence-corrected chi connectivity index (χ3v) is 1.75. The fourth-order valence-electron chi connectivity index (χ4n) is 0.387. The van der Waals surface area contributed by atoms with Gasteiger partial charge in [0.25, 0.3) is 0 Å². The summed E-state index contributed by atoms with van der Waals surface area (Å²) in [4.78, 5) is 10.4. The molecule has 0 heterocycles. The molecule has 0 saturated carbocycles. The van der Waals surface area contributed by atoms with E-state index in [2.05, 4.69) is 4.74 Å². The smallest absolute Gasteiger partial charge is 0.351 e. The molecule has 0 saturated heterocycles. The first-order valence-electron chi connectivity index (χ1n) is 2.95. The summed E-state index contributed by atoms with van der Waals surface area (Å²) in [5, 5.41) is 0.106. The van der Waals surface area contributed by atoms with E-state index in [0.717, 1.165) is 11.8 Å². The minimum Gasteiger partial charge on any atom is -0.466 e. The van der Waals surface area contributed by atoms with Crippen LogP contribution in [-0.4, -0.2) is 23.8 Å². The molecule has 0 aromatic carbocycles. The Morgan fingerprint density at radius 1 is 1.60 bits per heavy atom. The lowest BCUT2D eigenvalue weighted by Crippen LogP contribution is -2.15. The van der Waals surface area contributed by atoms with E-state index < -0.39 is 11.5 Å². The molecule has 0 aromatic heterocycles. The standard InChI is InChI=1S/C6H11FO2S/c1-4(2)10-5(7)6(8)9-3/h4-5H,1-3H3. The van der Waals surface area contributed by atoms with Crippen LogP contribution in [0.2, 0.25) is 0 Å². The Balaban J connectivity index is 3.61. The number of esters is 1. The van der Waals surface area contributed by atoms with Crippen molar-refractivity contribution in [2.75, 3.05) is 7.11 Å². The Morgan fingerprint density at radius 3 is 2.40 bits per heavy atom. The number of hydrogen-bond donors (Lipinski definition) is 0. The summed E-state index contributed by atoms with van der Waals surface area (Å²) < 4.78 is 16.7. The van der Waals surface area contributed by atoms with E-state index in [-0.39, 0.29) is 5.25 Å². The Labute approximate surface area is 64.1 Å². The van der Waals surface area contributed by atoms with E-state index in [4.69, 9.17) is 0 Å². The van der Waals surface area contributed by atoms with Crippen molar-refractivity contribution in [3.8, 4) is 0 Å². The second-order valence-electron chi connectivity index (χ2n) is 2.02. The Hall–Kier alpha value is -0.250. The average molecular weight is 166 g/mol. The molecular weight excluding hydrogens is 155 g/mol. The number of rotatable bonds is 3. The maximum absolute atomic E-state index is 12.5. The quantitative estimate of drug-likeness (QED) is 0.596. The van der Waals surface area contributed by atoms with Gasteiger partial charge in [0.2, 0.25) is 5.50 Å². The van der Waals surface area contributed by atoms with Crippen LogP contribution >= 0.6 is 11.8 Å². The number of methoxy groups -OCH3 is 1. The first kappa shape index (κ1) is 9.75. The van der Waals surface area contributed by atoms with Crippen molar-refractivity contribution in [3.63, 3.8) is 0 Å². The van der Waals surface area contributed by atoms with Gasteiger partial charge in [0.1, 0.15) is 0 Å². The number of halogens is 1. The van der Waals surface area contributed by atoms with Crippen molar-refractivity contribution in [1.29, 1.82) is 0 Å². The van der Waals surface area contributed by atoms with Gasteiger partial charge in [-0.2, -0.15) is 0 Å². The molecule has 0 fully saturated rings. The number of carbonyl (C=O) groups excluding carboxylic acids is 1. The van der Waals surface area contributed by atoms with Gasteiger partial charge in [0.05, 0.1) is 7.11 Å². The second-order valence-corrected chi connectivity index (χ2v) is 3.65. The topological polar surface area (TPSA) is 26.3 Å². The van der Waals surface area contributed by atoms with E-state index >= 15 is 0 Å². The van der Waals surface area contributed by atoms with Crippen LogP contribution < -0.4 is 0 Å². The molecular formula is C6H11FO2S. The van der Waals surface area contributed by atoms with Crippen LogP contribution in [-0.2, 0) is 9.53 Å². The Kier molecular flexibility index (Phi) is 4.43. The van der Waals surface area contributed by atoms with Crippen molar-refractivity contribution < 1.29 is 13.9 Å². The van der Waals surface area contributed by atoms with Crippen molar-refractivity contribution in [3.05, 3.63) is 0 Å².